The summed E-state index contributed by atoms with van der Waals surface area (Å²) in [5, 5.41) is 6.59. The van der Waals surface area contributed by atoms with Gasteiger partial charge in [0.15, 0.2) is 5.76 Å². The third kappa shape index (κ3) is 9.33. The van der Waals surface area contributed by atoms with Crippen LogP contribution in [0.4, 0.5) is 13.6 Å². The van der Waals surface area contributed by atoms with Crippen LogP contribution in [0, 0.1) is 17.6 Å². The van der Waals surface area contributed by atoms with Crippen molar-refractivity contribution in [3.8, 4) is 17.0 Å². The van der Waals surface area contributed by atoms with Gasteiger partial charge in [-0.15, -0.1) is 0 Å². The van der Waals surface area contributed by atoms with E-state index in [1.54, 1.807) is 36.2 Å². The first kappa shape index (κ1) is 39.0. The Morgan fingerprint density at radius 1 is 1.00 bits per heavy atom. The number of nitrogens with zero attached hydrogens (tertiary/aromatic N) is 3. The number of halogens is 4. The Morgan fingerprint density at radius 3 is 2.41 bits per heavy atom. The quantitative estimate of drug-likeness (QED) is 0.152. The number of aromatic nitrogens is 1. The zero-order chi connectivity index (χ0) is 38.7. The van der Waals surface area contributed by atoms with E-state index in [0.29, 0.717) is 23.7 Å². The SMILES string of the molecule is CNC(=O)Cc1ccc(Cl)c(CN(C(=O)C2CN(C(=O)OC(C)(C)C)CCC2c2ccc(OCc3cc(-c4c(F)ccc(F)c4Cl)no3)cc2)C2CC2)c1. The summed E-state index contributed by atoms with van der Waals surface area (Å²) in [6.45, 7) is 6.23. The number of rotatable bonds is 11. The lowest BCUT2D eigenvalue weighted by molar-refractivity contribution is -0.139. The summed E-state index contributed by atoms with van der Waals surface area (Å²) in [6, 6.07) is 16.2. The Labute approximate surface area is 322 Å². The van der Waals surface area contributed by atoms with Crippen molar-refractivity contribution in [1.82, 2.24) is 20.3 Å². The average molecular weight is 784 g/mol. The Bertz CT molecular complexity index is 2010. The third-order valence-electron chi connectivity index (χ3n) is 9.50. The maximum Gasteiger partial charge on any atom is 0.410 e. The molecule has 3 amide bonds. The molecule has 2 heterocycles. The minimum absolute atomic E-state index is 0.0366. The second-order valence-electron chi connectivity index (χ2n) is 14.7. The molecular formula is C40H42Cl2F2N4O6. The van der Waals surface area contributed by atoms with E-state index in [9.17, 15) is 23.2 Å². The summed E-state index contributed by atoms with van der Waals surface area (Å²) >= 11 is 12.6. The van der Waals surface area contributed by atoms with E-state index in [2.05, 4.69) is 10.5 Å². The Morgan fingerprint density at radius 2 is 1.72 bits per heavy atom. The summed E-state index contributed by atoms with van der Waals surface area (Å²) in [6.07, 6.45) is 1.96. The number of likely N-dealkylation sites (N-methyl/N-ethyl adjacent to an activating group) is 1. The smallest absolute Gasteiger partial charge is 0.410 e. The predicted octanol–water partition coefficient (Wildman–Crippen LogP) is 8.33. The fourth-order valence-corrected chi connectivity index (χ4v) is 7.05. The van der Waals surface area contributed by atoms with Crippen LogP contribution in [0.25, 0.3) is 11.3 Å². The highest BCUT2D eigenvalue weighted by Gasteiger charge is 2.43. The molecule has 2 fully saturated rings. The lowest BCUT2D eigenvalue weighted by atomic mass is 9.79. The van der Waals surface area contributed by atoms with Gasteiger partial charge in [-0.25, -0.2) is 13.6 Å². The van der Waals surface area contributed by atoms with Gasteiger partial charge >= 0.3 is 6.09 Å². The van der Waals surface area contributed by atoms with Crippen molar-refractivity contribution >= 4 is 41.1 Å². The maximum absolute atomic E-state index is 14.7. The maximum atomic E-state index is 14.7. The fourth-order valence-electron chi connectivity index (χ4n) is 6.62. The van der Waals surface area contributed by atoms with Crippen LogP contribution in [0.3, 0.4) is 0 Å². The van der Waals surface area contributed by atoms with E-state index in [1.165, 1.54) is 6.07 Å². The van der Waals surface area contributed by atoms with Crippen molar-refractivity contribution in [3.63, 3.8) is 0 Å². The Hall–Kier alpha value is -4.68. The topological polar surface area (TPSA) is 114 Å². The molecule has 0 radical (unpaired) electrons. The molecule has 1 saturated carbocycles. The number of benzene rings is 3. The molecule has 4 aromatic rings. The van der Waals surface area contributed by atoms with Gasteiger partial charge in [0.05, 0.1) is 22.9 Å². The van der Waals surface area contributed by atoms with E-state index >= 15 is 0 Å². The van der Waals surface area contributed by atoms with Crippen molar-refractivity contribution in [2.75, 3.05) is 20.1 Å². The standard InChI is InChI=1S/C40H42Cl2F2N4O6/c1-40(2,3)53-39(51)47-16-15-29(30(21-47)38(50)48(26-8-9-26)20-25-17-23(5-12-31(25)41)18-35(49)45-4)24-6-10-27(11-7-24)52-22-28-19-34(46-54-28)36-32(43)13-14-33(44)37(36)42/h5-7,10-14,17,19,26,29-30H,8-9,15-16,18,20-22H2,1-4H3,(H,45,49). The van der Waals surface area contributed by atoms with Gasteiger partial charge in [0, 0.05) is 43.8 Å². The normalized spacial score (nSPS) is 17.2. The number of hydrogen-bond donors (Lipinski definition) is 1. The van der Waals surface area contributed by atoms with Gasteiger partial charge in [0.25, 0.3) is 0 Å². The van der Waals surface area contributed by atoms with Crippen LogP contribution >= 0.6 is 23.2 Å². The monoisotopic (exact) mass is 782 g/mol. The molecular weight excluding hydrogens is 741 g/mol. The highest BCUT2D eigenvalue weighted by Crippen LogP contribution is 2.39. The van der Waals surface area contributed by atoms with Crippen LogP contribution in [-0.2, 0) is 33.9 Å². The van der Waals surface area contributed by atoms with Crippen molar-refractivity contribution in [3.05, 3.63) is 105 Å². The molecule has 14 heteroatoms. The van der Waals surface area contributed by atoms with E-state index in [-0.39, 0.29) is 66.9 Å². The molecule has 0 spiro atoms. The van der Waals surface area contributed by atoms with Crippen LogP contribution in [0.2, 0.25) is 10.0 Å². The van der Waals surface area contributed by atoms with Crippen LogP contribution in [0.5, 0.6) is 5.75 Å². The van der Waals surface area contributed by atoms with E-state index in [0.717, 1.165) is 41.7 Å². The summed E-state index contributed by atoms with van der Waals surface area (Å²) in [4.78, 5) is 43.5. The van der Waals surface area contributed by atoms with Gasteiger partial charge < -0.3 is 29.1 Å². The second-order valence-corrected chi connectivity index (χ2v) is 15.4. The van der Waals surface area contributed by atoms with Gasteiger partial charge in [0.2, 0.25) is 11.8 Å². The molecule has 1 aliphatic carbocycles. The van der Waals surface area contributed by atoms with Crippen LogP contribution < -0.4 is 10.1 Å². The number of piperidine rings is 1. The number of carbonyl (C=O) groups is 3. The van der Waals surface area contributed by atoms with Crippen LogP contribution in [0.15, 0.2) is 65.2 Å². The third-order valence-corrected chi connectivity index (χ3v) is 10.2. The number of carbonyl (C=O) groups excluding carboxylic acids is 3. The van der Waals surface area contributed by atoms with Crippen LogP contribution in [-0.4, -0.2) is 64.6 Å². The molecule has 2 atom stereocenters. The highest BCUT2D eigenvalue weighted by atomic mass is 35.5. The van der Waals surface area contributed by atoms with Gasteiger partial charge in [-0.3, -0.25) is 9.59 Å². The number of ether oxygens (including phenoxy) is 2. The van der Waals surface area contributed by atoms with E-state index in [4.69, 9.17) is 37.2 Å². The van der Waals surface area contributed by atoms with Gasteiger partial charge in [-0.1, -0.05) is 52.6 Å². The molecule has 3 aromatic carbocycles. The molecule has 1 aliphatic heterocycles. The first-order chi connectivity index (χ1) is 25.7. The first-order valence-electron chi connectivity index (χ1n) is 17.8. The van der Waals surface area contributed by atoms with Crippen LogP contribution in [0.1, 0.15) is 68.4 Å². The first-order valence-corrected chi connectivity index (χ1v) is 18.5. The van der Waals surface area contributed by atoms with Crippen molar-refractivity contribution in [2.45, 2.75) is 77.2 Å². The molecule has 1 saturated heterocycles. The summed E-state index contributed by atoms with van der Waals surface area (Å²) in [5.74, 6) is -1.74. The molecule has 2 aliphatic rings. The Balaban J connectivity index is 1.20. The predicted molar refractivity (Wildman–Crippen MR) is 199 cm³/mol. The lowest BCUT2D eigenvalue weighted by Crippen LogP contribution is -2.51. The van der Waals surface area contributed by atoms with Crippen molar-refractivity contribution in [2.24, 2.45) is 5.92 Å². The highest BCUT2D eigenvalue weighted by molar-refractivity contribution is 6.33. The molecule has 6 rings (SSSR count). The van der Waals surface area contributed by atoms with Gasteiger partial charge in [-0.2, -0.15) is 0 Å². The minimum atomic E-state index is -0.776. The summed E-state index contributed by atoms with van der Waals surface area (Å²) in [5.41, 5.74) is 1.59. The Kier molecular flexibility index (Phi) is 11.8. The molecule has 1 N–H and O–H groups in total. The summed E-state index contributed by atoms with van der Waals surface area (Å²) < 4.78 is 45.3. The van der Waals surface area contributed by atoms with Gasteiger partial charge in [-0.05, 0) is 93.0 Å². The zero-order valence-corrected chi connectivity index (χ0v) is 32.0. The molecule has 2 unspecified atom stereocenters. The average Bonchev–Trinajstić information content (AvgIpc) is 3.88. The number of hydrogen-bond acceptors (Lipinski definition) is 7. The van der Waals surface area contributed by atoms with Crippen molar-refractivity contribution in [1.29, 1.82) is 0 Å². The fraction of sp³-hybridized carbons (Fsp3) is 0.400. The zero-order valence-electron chi connectivity index (χ0n) is 30.5. The van der Waals surface area contributed by atoms with E-state index in [1.807, 2.05) is 43.9 Å². The molecule has 1 aromatic heterocycles. The van der Waals surface area contributed by atoms with Crippen molar-refractivity contribution < 1.29 is 37.2 Å². The van der Waals surface area contributed by atoms with E-state index < -0.39 is 34.3 Å². The number of nitrogens with one attached hydrogen (secondary N) is 1. The minimum Gasteiger partial charge on any atom is -0.486 e. The number of likely N-dealkylation sites (tertiary alicyclic amines) is 1. The number of amides is 3. The molecule has 286 valence electrons. The molecule has 10 nitrogen and oxygen atoms in total. The largest absolute Gasteiger partial charge is 0.486 e. The molecule has 54 heavy (non-hydrogen) atoms. The van der Waals surface area contributed by atoms with Gasteiger partial charge in [0.1, 0.15) is 35.3 Å². The second kappa shape index (κ2) is 16.4. The molecule has 0 bridgehead atoms. The lowest BCUT2D eigenvalue weighted by Gasteiger charge is -2.40. The summed E-state index contributed by atoms with van der Waals surface area (Å²) in [7, 11) is 1.58.